The molecule has 2 rings (SSSR count). The zero-order valence-corrected chi connectivity index (χ0v) is 10.7. The van der Waals surface area contributed by atoms with E-state index in [1.165, 1.54) is 10.9 Å². The fourth-order valence-electron chi connectivity index (χ4n) is 1.64. The van der Waals surface area contributed by atoms with E-state index in [2.05, 4.69) is 10.3 Å². The third kappa shape index (κ3) is 3.11. The van der Waals surface area contributed by atoms with Crippen molar-refractivity contribution in [2.45, 2.75) is 26.4 Å². The van der Waals surface area contributed by atoms with Gasteiger partial charge in [-0.05, 0) is 31.5 Å². The molecule has 90 valence electrons. The number of benzene rings is 1. The van der Waals surface area contributed by atoms with E-state index in [1.807, 2.05) is 25.4 Å². The normalized spacial score (nSPS) is 12.6. The largest absolute Gasteiger partial charge is 0.305 e. The monoisotopic (exact) mass is 250 g/mol. The molecule has 0 radical (unpaired) electrons. The highest BCUT2D eigenvalue weighted by Crippen LogP contribution is 2.16. The van der Waals surface area contributed by atoms with Gasteiger partial charge in [-0.3, -0.25) is 0 Å². The summed E-state index contributed by atoms with van der Waals surface area (Å²) in [5.74, 6) is -0.190. The van der Waals surface area contributed by atoms with E-state index in [-0.39, 0.29) is 11.9 Å². The standard InChI is InChI=1S/C13H15FN2S/c1-9(11-4-3-5-12(14)6-11)15-7-13-10(2)16-8-17-13/h3-6,8-9,15H,7H2,1-2H3/t9-/m1/s1. The van der Waals surface area contributed by atoms with Crippen LogP contribution < -0.4 is 5.32 Å². The summed E-state index contributed by atoms with van der Waals surface area (Å²) in [6.07, 6.45) is 0. The molecule has 0 aliphatic rings. The maximum absolute atomic E-state index is 13.1. The number of hydrogen-bond donors (Lipinski definition) is 1. The number of aryl methyl sites for hydroxylation is 1. The number of thiazole rings is 1. The van der Waals surface area contributed by atoms with Crippen LogP contribution in [0.4, 0.5) is 4.39 Å². The Morgan fingerprint density at radius 3 is 2.94 bits per heavy atom. The fraction of sp³-hybridized carbons (Fsp3) is 0.308. The molecule has 0 fully saturated rings. The van der Waals surface area contributed by atoms with E-state index in [0.717, 1.165) is 17.8 Å². The predicted molar refractivity (Wildman–Crippen MR) is 68.5 cm³/mol. The molecule has 0 amide bonds. The molecule has 1 atom stereocenters. The smallest absolute Gasteiger partial charge is 0.123 e. The van der Waals surface area contributed by atoms with Gasteiger partial charge in [-0.25, -0.2) is 9.37 Å². The van der Waals surface area contributed by atoms with Gasteiger partial charge in [0.1, 0.15) is 5.82 Å². The predicted octanol–water partition coefficient (Wildman–Crippen LogP) is 3.44. The van der Waals surface area contributed by atoms with Crippen LogP contribution in [0.5, 0.6) is 0 Å². The number of nitrogens with zero attached hydrogens (tertiary/aromatic N) is 1. The molecule has 1 heterocycles. The third-order valence-electron chi connectivity index (χ3n) is 2.76. The summed E-state index contributed by atoms with van der Waals surface area (Å²) in [5.41, 5.74) is 3.88. The molecule has 1 N–H and O–H groups in total. The molecule has 0 saturated heterocycles. The van der Waals surface area contributed by atoms with Crippen LogP contribution in [0, 0.1) is 12.7 Å². The van der Waals surface area contributed by atoms with Crippen LogP contribution in [0.2, 0.25) is 0 Å². The molecule has 1 aromatic carbocycles. The van der Waals surface area contributed by atoms with Crippen molar-refractivity contribution >= 4 is 11.3 Å². The van der Waals surface area contributed by atoms with Crippen molar-refractivity contribution in [1.82, 2.24) is 10.3 Å². The summed E-state index contributed by atoms with van der Waals surface area (Å²) in [5, 5.41) is 3.37. The van der Waals surface area contributed by atoms with Gasteiger partial charge >= 0.3 is 0 Å². The second-order valence-corrected chi connectivity index (χ2v) is 4.96. The Labute approximate surface area is 105 Å². The first-order valence-electron chi connectivity index (χ1n) is 5.54. The lowest BCUT2D eigenvalue weighted by Gasteiger charge is -2.13. The number of hydrogen-bond acceptors (Lipinski definition) is 3. The molecule has 0 saturated carbocycles. The molecule has 17 heavy (non-hydrogen) atoms. The van der Waals surface area contributed by atoms with E-state index < -0.39 is 0 Å². The van der Waals surface area contributed by atoms with Gasteiger partial charge in [-0.15, -0.1) is 11.3 Å². The van der Waals surface area contributed by atoms with Crippen molar-refractivity contribution in [1.29, 1.82) is 0 Å². The zero-order valence-electron chi connectivity index (χ0n) is 9.90. The van der Waals surface area contributed by atoms with E-state index in [9.17, 15) is 4.39 Å². The summed E-state index contributed by atoms with van der Waals surface area (Å²) in [6, 6.07) is 6.83. The van der Waals surface area contributed by atoms with Crippen LogP contribution in [-0.4, -0.2) is 4.98 Å². The molecule has 0 spiro atoms. The van der Waals surface area contributed by atoms with Crippen molar-refractivity contribution < 1.29 is 4.39 Å². The van der Waals surface area contributed by atoms with Gasteiger partial charge in [-0.2, -0.15) is 0 Å². The lowest BCUT2D eigenvalue weighted by Crippen LogP contribution is -2.18. The Kier molecular flexibility index (Phi) is 3.86. The van der Waals surface area contributed by atoms with E-state index in [0.29, 0.717) is 0 Å². The molecular weight excluding hydrogens is 235 g/mol. The molecule has 0 unspecified atom stereocenters. The quantitative estimate of drug-likeness (QED) is 0.899. The first kappa shape index (κ1) is 12.2. The van der Waals surface area contributed by atoms with Gasteiger partial charge in [0.2, 0.25) is 0 Å². The molecule has 2 aromatic rings. The zero-order chi connectivity index (χ0) is 12.3. The SMILES string of the molecule is Cc1ncsc1CN[C@H](C)c1cccc(F)c1. The summed E-state index contributed by atoms with van der Waals surface area (Å²) in [7, 11) is 0. The van der Waals surface area contributed by atoms with E-state index in [1.54, 1.807) is 23.5 Å². The Morgan fingerprint density at radius 2 is 2.29 bits per heavy atom. The highest BCUT2D eigenvalue weighted by atomic mass is 32.1. The van der Waals surface area contributed by atoms with Crippen molar-refractivity contribution in [2.24, 2.45) is 0 Å². The molecule has 0 aliphatic heterocycles. The minimum absolute atomic E-state index is 0.132. The summed E-state index contributed by atoms with van der Waals surface area (Å²) < 4.78 is 13.1. The van der Waals surface area contributed by atoms with Gasteiger partial charge in [0, 0.05) is 17.5 Å². The number of aromatic nitrogens is 1. The maximum Gasteiger partial charge on any atom is 0.123 e. The van der Waals surface area contributed by atoms with Crippen molar-refractivity contribution in [3.05, 3.63) is 51.7 Å². The molecule has 1 aromatic heterocycles. The van der Waals surface area contributed by atoms with E-state index >= 15 is 0 Å². The summed E-state index contributed by atoms with van der Waals surface area (Å²) in [4.78, 5) is 5.43. The topological polar surface area (TPSA) is 24.9 Å². The Morgan fingerprint density at radius 1 is 1.47 bits per heavy atom. The number of rotatable bonds is 4. The van der Waals surface area contributed by atoms with Crippen LogP contribution in [-0.2, 0) is 6.54 Å². The highest BCUT2D eigenvalue weighted by molar-refractivity contribution is 7.09. The maximum atomic E-state index is 13.1. The lowest BCUT2D eigenvalue weighted by molar-refractivity contribution is 0.567. The van der Waals surface area contributed by atoms with Crippen LogP contribution in [0.25, 0.3) is 0 Å². The second kappa shape index (κ2) is 5.38. The van der Waals surface area contributed by atoms with Crippen molar-refractivity contribution in [2.75, 3.05) is 0 Å². The summed E-state index contributed by atoms with van der Waals surface area (Å²) >= 11 is 1.64. The van der Waals surface area contributed by atoms with E-state index in [4.69, 9.17) is 0 Å². The second-order valence-electron chi connectivity index (χ2n) is 4.02. The minimum atomic E-state index is -0.190. The van der Waals surface area contributed by atoms with Gasteiger partial charge in [-0.1, -0.05) is 12.1 Å². The van der Waals surface area contributed by atoms with Gasteiger partial charge < -0.3 is 5.32 Å². The van der Waals surface area contributed by atoms with Crippen LogP contribution in [0.15, 0.2) is 29.8 Å². The number of halogens is 1. The van der Waals surface area contributed by atoms with Gasteiger partial charge in [0.25, 0.3) is 0 Å². The average molecular weight is 250 g/mol. The average Bonchev–Trinajstić information content (AvgIpc) is 2.72. The Balaban J connectivity index is 1.98. The summed E-state index contributed by atoms with van der Waals surface area (Å²) in [6.45, 7) is 4.81. The first-order valence-corrected chi connectivity index (χ1v) is 6.42. The van der Waals surface area contributed by atoms with Gasteiger partial charge in [0.05, 0.1) is 11.2 Å². The molecule has 2 nitrogen and oxygen atoms in total. The molecule has 0 aliphatic carbocycles. The molecule has 4 heteroatoms. The highest BCUT2D eigenvalue weighted by Gasteiger charge is 2.07. The fourth-order valence-corrected chi connectivity index (χ4v) is 2.36. The molecular formula is C13H15FN2S. The number of nitrogens with one attached hydrogen (secondary N) is 1. The van der Waals surface area contributed by atoms with Crippen LogP contribution in [0.1, 0.15) is 29.1 Å². The third-order valence-corrected chi connectivity index (χ3v) is 3.70. The van der Waals surface area contributed by atoms with Crippen LogP contribution in [0.3, 0.4) is 0 Å². The molecule has 0 bridgehead atoms. The Bertz CT molecular complexity index is 496. The van der Waals surface area contributed by atoms with Gasteiger partial charge in [0.15, 0.2) is 0 Å². The van der Waals surface area contributed by atoms with Crippen molar-refractivity contribution in [3.8, 4) is 0 Å². The minimum Gasteiger partial charge on any atom is -0.305 e. The van der Waals surface area contributed by atoms with Crippen LogP contribution >= 0.6 is 11.3 Å². The van der Waals surface area contributed by atoms with Crippen molar-refractivity contribution in [3.63, 3.8) is 0 Å². The first-order chi connectivity index (χ1) is 8.16. The Hall–Kier alpha value is -1.26. The lowest BCUT2D eigenvalue weighted by atomic mass is 10.1.